The minimum absolute atomic E-state index is 0. The Morgan fingerprint density at radius 1 is 0.663 bits per heavy atom. The number of carboxylic acids is 1. The van der Waals surface area contributed by atoms with E-state index in [4.69, 9.17) is 57.9 Å². The summed E-state index contributed by atoms with van der Waals surface area (Å²) in [4.78, 5) is 108. The molecule has 0 unspecified atom stereocenters. The van der Waals surface area contributed by atoms with Gasteiger partial charge in [-0.25, -0.2) is 28.1 Å². The van der Waals surface area contributed by atoms with Crippen LogP contribution in [0.25, 0.3) is 42.9 Å². The van der Waals surface area contributed by atoms with E-state index in [-0.39, 0.29) is 138 Å². The molecular formula is C63H66Cl3F2N11O15P2S2. The predicted molar refractivity (Wildman–Crippen MR) is 365 cm³/mol. The summed E-state index contributed by atoms with van der Waals surface area (Å²) >= 11 is 14.3. The maximum atomic E-state index is 15.8. The van der Waals surface area contributed by atoms with Gasteiger partial charge in [-0.05, 0) is 127 Å². The molecule has 4 aromatic heterocycles. The standard InChI is InChI=1S/C31H31ClFN6O7PS.C21H19ClFNO2.C11H15N4O6PS.ClH/c1-4-45-47(44,46-5-2)31-36-29-27(48-31)26(28(34)42)37-38(29)14-24(41)39-22-12-17(22)13-23(39)30(43)35-21-8-6-7-18(25(21)33)19-11-16(15(3)40)9-10-20(19)32;1-11(25)12-5-6-17(22)16(7-12)15-4-2-3-13(21(15)23)10-20(26)19-9-14-8-18(14)24-19;1-3-20-22(19,21-4-2)11-13-10-8(23-11)7(9(12)18)14-15(10)5-6(16)17;/h6-11,17,22-23H,4-5,12-14H2,1-3H3,(H2,34,42)(H,35,43);2-7,14,18-19,24H,8-10H2,1H3;3-5H2,1-2H3,(H2,12,18)(H,16,17);1H/t17-,22-,23+;14-,18-,19+;;/m11../s1. The fraction of sp³-hybridized carbons (Fsp3) is 0.365. The highest BCUT2D eigenvalue weighted by Gasteiger charge is 2.56. The largest absolute Gasteiger partial charge is 0.480 e. The van der Waals surface area contributed by atoms with Gasteiger partial charge in [-0.3, -0.25) is 47.5 Å². The molecule has 8 aromatic rings. The van der Waals surface area contributed by atoms with Crippen molar-refractivity contribution in [3.8, 4) is 22.3 Å². The number of carbonyl (C=O) groups is 8. The summed E-state index contributed by atoms with van der Waals surface area (Å²) < 4.78 is 80.9. The van der Waals surface area contributed by atoms with E-state index < -0.39 is 75.6 Å². The van der Waals surface area contributed by atoms with Crippen LogP contribution in [0, 0.1) is 23.5 Å². The number of nitrogens with zero attached hydrogens (tertiary/aromatic N) is 7. The Morgan fingerprint density at radius 2 is 1.15 bits per heavy atom. The molecule has 520 valence electrons. The minimum atomic E-state index is -3.82. The van der Waals surface area contributed by atoms with Crippen molar-refractivity contribution in [3.05, 3.63) is 123 Å². The van der Waals surface area contributed by atoms with Crippen molar-refractivity contribution in [1.82, 2.24) is 39.7 Å². The fourth-order valence-electron chi connectivity index (χ4n) is 11.6. The number of primary amides is 2. The molecule has 4 fully saturated rings. The number of nitrogens with one attached hydrogen (secondary N) is 2. The zero-order chi connectivity index (χ0) is 70.1. The zero-order valence-corrected chi connectivity index (χ0v) is 59.0. The average molecular weight is 1490 g/mol. The second-order valence-corrected chi connectivity index (χ2v) is 30.1. The minimum Gasteiger partial charge on any atom is -0.480 e. The molecule has 0 bridgehead atoms. The van der Waals surface area contributed by atoms with E-state index in [0.717, 1.165) is 40.2 Å². The quantitative estimate of drug-likeness (QED) is 0.0262. The van der Waals surface area contributed by atoms with Crippen molar-refractivity contribution in [1.29, 1.82) is 0 Å². The summed E-state index contributed by atoms with van der Waals surface area (Å²) in [5, 5.41) is 23.5. The van der Waals surface area contributed by atoms with Crippen molar-refractivity contribution in [2.45, 2.75) is 111 Å². The first-order valence-electron chi connectivity index (χ1n) is 30.6. The molecule has 6 atom stereocenters. The molecule has 26 nitrogen and oxygen atoms in total. The zero-order valence-electron chi connectivity index (χ0n) is 53.2. The molecule has 35 heteroatoms. The normalized spacial score (nSPS) is 18.2. The van der Waals surface area contributed by atoms with E-state index in [9.17, 15) is 47.5 Å². The molecule has 2 aliphatic heterocycles. The highest BCUT2D eigenvalue weighted by atomic mass is 35.5. The highest BCUT2D eigenvalue weighted by Crippen LogP contribution is 2.51. The number of aromatic nitrogens is 6. The number of amides is 4. The number of Topliss-reactive ketones (excluding diaryl/α,β-unsaturated/α-hetero) is 3. The van der Waals surface area contributed by atoms with Crippen LogP contribution in [0.5, 0.6) is 0 Å². The number of aliphatic carboxylic acids is 1. The number of anilines is 1. The number of piperidine rings is 2. The van der Waals surface area contributed by atoms with Crippen LogP contribution in [0.1, 0.15) is 114 Å². The van der Waals surface area contributed by atoms with Gasteiger partial charge in [0.25, 0.3) is 11.8 Å². The summed E-state index contributed by atoms with van der Waals surface area (Å²) in [6.45, 7) is 8.97. The molecule has 0 spiro atoms. The number of hydrogen-bond acceptors (Lipinski definition) is 21. The lowest BCUT2D eigenvalue weighted by atomic mass is 9.95. The van der Waals surface area contributed by atoms with Crippen LogP contribution in [-0.4, -0.2) is 137 Å². The highest BCUT2D eigenvalue weighted by molar-refractivity contribution is 7.69. The molecule has 4 aliphatic rings. The third-order valence-corrected chi connectivity index (χ3v) is 24.0. The van der Waals surface area contributed by atoms with Gasteiger partial charge in [0.1, 0.15) is 34.3 Å². The molecule has 2 saturated carbocycles. The number of thiazole rings is 2. The van der Waals surface area contributed by atoms with Gasteiger partial charge in [0, 0.05) is 61.9 Å². The van der Waals surface area contributed by atoms with Crippen LogP contribution in [0.2, 0.25) is 10.0 Å². The third kappa shape index (κ3) is 15.9. The van der Waals surface area contributed by atoms with E-state index in [1.165, 1.54) is 47.7 Å². The first kappa shape index (κ1) is 74.6. The maximum absolute atomic E-state index is 15.8. The van der Waals surface area contributed by atoms with Crippen molar-refractivity contribution >= 4 is 156 Å². The second kappa shape index (κ2) is 30.9. The van der Waals surface area contributed by atoms with Crippen LogP contribution in [-0.2, 0) is 65.9 Å². The van der Waals surface area contributed by atoms with Gasteiger partial charge >= 0.3 is 21.2 Å². The fourth-order valence-corrected chi connectivity index (χ4v) is 18.1. The maximum Gasteiger partial charge on any atom is 0.389 e. The summed E-state index contributed by atoms with van der Waals surface area (Å²) in [5.41, 5.74) is 12.9. The van der Waals surface area contributed by atoms with Crippen LogP contribution < -0.4 is 31.6 Å². The number of fused-ring (bicyclic) bond motifs is 4. The van der Waals surface area contributed by atoms with Crippen molar-refractivity contribution in [3.63, 3.8) is 0 Å². The van der Waals surface area contributed by atoms with Gasteiger partial charge in [0.05, 0.1) is 38.2 Å². The van der Waals surface area contributed by atoms with E-state index in [2.05, 4.69) is 30.8 Å². The number of rotatable bonds is 25. The molecule has 12 rings (SSSR count). The van der Waals surface area contributed by atoms with Crippen molar-refractivity contribution in [2.24, 2.45) is 23.3 Å². The number of carbonyl (C=O) groups excluding carboxylic acids is 7. The Kier molecular flexibility index (Phi) is 23.5. The Morgan fingerprint density at radius 3 is 1.61 bits per heavy atom. The van der Waals surface area contributed by atoms with Gasteiger partial charge in [0.15, 0.2) is 45.8 Å². The first-order chi connectivity index (χ1) is 46.1. The number of carboxylic acid groups (broad SMARTS) is 1. The van der Waals surface area contributed by atoms with Crippen LogP contribution in [0.15, 0.2) is 72.8 Å². The van der Waals surface area contributed by atoms with Gasteiger partial charge in [0.2, 0.25) is 21.3 Å². The van der Waals surface area contributed by atoms with E-state index in [0.29, 0.717) is 63.2 Å². The molecule has 4 amide bonds. The number of likely N-dealkylation sites (tertiary alicyclic amines) is 1. The molecular weight excluding hydrogens is 1420 g/mol. The predicted octanol–water partition coefficient (Wildman–Crippen LogP) is 9.97. The van der Waals surface area contributed by atoms with Crippen molar-refractivity contribution < 1.29 is 79.5 Å². The molecule has 4 aromatic carbocycles. The number of nitrogens with two attached hydrogens (primary N) is 2. The summed E-state index contributed by atoms with van der Waals surface area (Å²) in [6, 6.07) is 18.0. The number of hydrogen-bond donors (Lipinski definition) is 5. The average Bonchev–Trinajstić information content (AvgIpc) is 1.58. The Balaban J connectivity index is 0.000000189. The SMILES string of the molecule is CC(=O)c1ccc(Cl)c(-c2cccc(CC(=O)[C@@H]3C[C@H]4C[C@H]4N3)c2F)c1.CCOP(=O)(OCC)c1nc2c(s1)c(C(N)=O)nn2CC(=O)N1[C@@H]2C[C@@H]2C[C@H]1C(=O)Nc1cccc(-c2cc(C(C)=O)ccc2Cl)c1F.CCOP(=O)(OCC)c1nc2c(s1)c(C(N)=O)nn2CC(=O)O.Cl. The molecule has 0 radical (unpaired) electrons. The summed E-state index contributed by atoms with van der Waals surface area (Å²) in [5.74, 6) is -4.71. The van der Waals surface area contributed by atoms with Crippen LogP contribution in [0.3, 0.4) is 0 Å². The van der Waals surface area contributed by atoms with Crippen LogP contribution >= 0.6 is 73.5 Å². The first-order valence-corrected chi connectivity index (χ1v) is 36.0. The Labute approximate surface area is 582 Å². The van der Waals surface area contributed by atoms with E-state index in [1.807, 2.05) is 0 Å². The lowest BCUT2D eigenvalue weighted by molar-refractivity contribution is -0.138. The van der Waals surface area contributed by atoms with Gasteiger partial charge in [-0.2, -0.15) is 10.2 Å². The Hall–Kier alpha value is -7.57. The van der Waals surface area contributed by atoms with Crippen LogP contribution in [0.4, 0.5) is 14.5 Å². The topological polar surface area (TPSA) is 369 Å². The molecule has 2 saturated heterocycles. The lowest BCUT2D eigenvalue weighted by Crippen LogP contribution is -2.46. The third-order valence-electron chi connectivity index (χ3n) is 16.2. The number of benzene rings is 4. The van der Waals surface area contributed by atoms with Gasteiger partial charge < -0.3 is 50.2 Å². The molecule has 6 heterocycles. The van der Waals surface area contributed by atoms with E-state index in [1.54, 1.807) is 76.2 Å². The number of halogens is 5. The molecule has 7 N–H and O–H groups in total. The monoisotopic (exact) mass is 1490 g/mol. The Bertz CT molecular complexity index is 4580. The molecule has 98 heavy (non-hydrogen) atoms. The second-order valence-electron chi connectivity index (χ2n) is 22.9. The van der Waals surface area contributed by atoms with Gasteiger partial charge in [-0.15, -0.1) is 35.1 Å². The number of ketones is 3. The summed E-state index contributed by atoms with van der Waals surface area (Å²) in [7, 11) is -7.47. The van der Waals surface area contributed by atoms with Gasteiger partial charge in [-0.1, -0.05) is 53.5 Å². The molecule has 2 aliphatic carbocycles. The smallest absolute Gasteiger partial charge is 0.389 e. The summed E-state index contributed by atoms with van der Waals surface area (Å²) in [6.07, 6.45) is 3.15. The van der Waals surface area contributed by atoms with E-state index >= 15 is 8.78 Å². The lowest BCUT2D eigenvalue weighted by Gasteiger charge is -2.27. The van der Waals surface area contributed by atoms with Crippen molar-refractivity contribution in [2.75, 3.05) is 31.7 Å².